The first-order chi connectivity index (χ1) is 11.5. The maximum absolute atomic E-state index is 12.4. The molecule has 1 aromatic carbocycles. The number of carbonyl (C=O) groups is 2. The van der Waals surface area contributed by atoms with E-state index in [0.29, 0.717) is 11.3 Å². The van der Waals surface area contributed by atoms with Crippen LogP contribution in [-0.2, 0) is 4.79 Å². The van der Waals surface area contributed by atoms with E-state index < -0.39 is 0 Å². The fourth-order valence-corrected chi connectivity index (χ4v) is 1.98. The van der Waals surface area contributed by atoms with Gasteiger partial charge in [0.25, 0.3) is 11.8 Å². The molecule has 0 aliphatic heterocycles. The van der Waals surface area contributed by atoms with Crippen LogP contribution in [0.4, 0.5) is 0 Å². The number of aryl methyl sites for hydroxylation is 1. The third kappa shape index (κ3) is 4.84. The van der Waals surface area contributed by atoms with E-state index in [0.717, 1.165) is 12.0 Å². The Labute approximate surface area is 141 Å². The summed E-state index contributed by atoms with van der Waals surface area (Å²) in [5.74, 6) is -0.193. The van der Waals surface area contributed by atoms with Crippen LogP contribution in [0.5, 0.6) is 0 Å². The van der Waals surface area contributed by atoms with Gasteiger partial charge in [-0.25, -0.2) is 0 Å². The zero-order valence-electron chi connectivity index (χ0n) is 14.1. The maximum atomic E-state index is 12.4. The Morgan fingerprint density at radius 1 is 1.21 bits per heavy atom. The summed E-state index contributed by atoms with van der Waals surface area (Å²) in [4.78, 5) is 24.8. The lowest BCUT2D eigenvalue weighted by atomic mass is 10.1. The number of amides is 2. The number of rotatable bonds is 6. The van der Waals surface area contributed by atoms with E-state index in [1.807, 2.05) is 32.9 Å². The van der Waals surface area contributed by atoms with Gasteiger partial charge in [0.1, 0.15) is 11.5 Å². The molecule has 2 N–H and O–H groups in total. The van der Waals surface area contributed by atoms with Gasteiger partial charge in [0.2, 0.25) is 0 Å². The monoisotopic (exact) mass is 326 g/mol. The predicted molar refractivity (Wildman–Crippen MR) is 93.2 cm³/mol. The second-order valence-electron chi connectivity index (χ2n) is 5.68. The highest BCUT2D eigenvalue weighted by Gasteiger charge is 2.16. The Balaban J connectivity index is 2.20. The molecule has 0 fully saturated rings. The summed E-state index contributed by atoms with van der Waals surface area (Å²) in [7, 11) is 0. The highest BCUT2D eigenvalue weighted by Crippen LogP contribution is 2.09. The van der Waals surface area contributed by atoms with Crippen LogP contribution >= 0.6 is 0 Å². The van der Waals surface area contributed by atoms with Crippen molar-refractivity contribution < 1.29 is 14.0 Å². The maximum Gasteiger partial charge on any atom is 0.268 e. The summed E-state index contributed by atoms with van der Waals surface area (Å²) in [6.45, 7) is 5.83. The molecule has 0 radical (unpaired) electrons. The van der Waals surface area contributed by atoms with Gasteiger partial charge < -0.3 is 15.1 Å². The van der Waals surface area contributed by atoms with Crippen molar-refractivity contribution in [1.82, 2.24) is 10.6 Å². The van der Waals surface area contributed by atoms with Crippen LogP contribution in [0.25, 0.3) is 6.08 Å². The van der Waals surface area contributed by atoms with Crippen LogP contribution in [0.2, 0.25) is 0 Å². The zero-order valence-corrected chi connectivity index (χ0v) is 14.1. The van der Waals surface area contributed by atoms with E-state index in [1.165, 1.54) is 12.3 Å². The molecule has 2 amide bonds. The van der Waals surface area contributed by atoms with E-state index in [9.17, 15) is 9.59 Å². The van der Waals surface area contributed by atoms with Crippen LogP contribution in [-0.4, -0.2) is 17.9 Å². The Hall–Kier alpha value is -2.82. The van der Waals surface area contributed by atoms with Gasteiger partial charge in [-0.1, -0.05) is 24.6 Å². The molecule has 0 aliphatic rings. The van der Waals surface area contributed by atoms with Gasteiger partial charge in [0, 0.05) is 17.7 Å². The number of nitrogens with one attached hydrogen (secondary N) is 2. The topological polar surface area (TPSA) is 71.3 Å². The highest BCUT2D eigenvalue weighted by molar-refractivity contribution is 6.05. The minimum Gasteiger partial charge on any atom is -0.465 e. The molecular formula is C19H22N2O3. The summed E-state index contributed by atoms with van der Waals surface area (Å²) in [5.41, 5.74) is 1.70. The van der Waals surface area contributed by atoms with Crippen molar-refractivity contribution in [3.8, 4) is 0 Å². The van der Waals surface area contributed by atoms with Crippen molar-refractivity contribution in [3.05, 3.63) is 65.2 Å². The van der Waals surface area contributed by atoms with Crippen LogP contribution in [0.15, 0.2) is 52.8 Å². The lowest BCUT2D eigenvalue weighted by Crippen LogP contribution is -2.38. The Bertz CT molecular complexity index is 716. The molecule has 2 aromatic rings. The molecule has 0 unspecified atom stereocenters. The van der Waals surface area contributed by atoms with Crippen molar-refractivity contribution in [2.75, 3.05) is 0 Å². The smallest absolute Gasteiger partial charge is 0.268 e. The third-order valence-electron chi connectivity index (χ3n) is 3.63. The first kappa shape index (κ1) is 17.5. The number of carbonyl (C=O) groups excluding carboxylic acids is 2. The minimum atomic E-state index is -0.346. The Morgan fingerprint density at radius 3 is 2.50 bits per heavy atom. The fraction of sp³-hybridized carbons (Fsp3) is 0.263. The lowest BCUT2D eigenvalue weighted by Gasteiger charge is -2.14. The van der Waals surface area contributed by atoms with Crippen LogP contribution < -0.4 is 10.6 Å². The van der Waals surface area contributed by atoms with E-state index in [1.54, 1.807) is 24.3 Å². The number of hydrogen-bond donors (Lipinski definition) is 2. The Morgan fingerprint density at radius 2 is 1.92 bits per heavy atom. The standard InChI is InChI=1S/C19H22N2O3/c1-4-14(3)20-19(23)17(12-16-6-5-11-24-16)21-18(22)15-9-7-13(2)8-10-15/h5-12,14H,4H2,1-3H3,(H,20,23)(H,21,22)/b17-12-/t14-/m1/s1. The second-order valence-corrected chi connectivity index (χ2v) is 5.68. The molecule has 2 rings (SSSR count). The molecule has 0 spiro atoms. The van der Waals surface area contributed by atoms with Crippen molar-refractivity contribution in [1.29, 1.82) is 0 Å². The highest BCUT2D eigenvalue weighted by atomic mass is 16.3. The molecule has 24 heavy (non-hydrogen) atoms. The molecule has 1 heterocycles. The molecule has 1 atom stereocenters. The SMILES string of the molecule is CC[C@@H](C)NC(=O)/C(=C/c1ccco1)NC(=O)c1ccc(C)cc1. The quantitative estimate of drug-likeness (QED) is 0.800. The van der Waals surface area contributed by atoms with Crippen LogP contribution in [0.1, 0.15) is 41.9 Å². The third-order valence-corrected chi connectivity index (χ3v) is 3.63. The summed E-state index contributed by atoms with van der Waals surface area (Å²) in [6.07, 6.45) is 3.83. The molecule has 1 aromatic heterocycles. The summed E-state index contributed by atoms with van der Waals surface area (Å²) in [6, 6.07) is 10.6. The Kier molecular flexibility index (Phi) is 5.95. The molecule has 0 aliphatic carbocycles. The van der Waals surface area contributed by atoms with Crippen molar-refractivity contribution in [2.45, 2.75) is 33.2 Å². The van der Waals surface area contributed by atoms with E-state index in [-0.39, 0.29) is 23.6 Å². The van der Waals surface area contributed by atoms with Crippen molar-refractivity contribution in [2.24, 2.45) is 0 Å². The summed E-state index contributed by atoms with van der Waals surface area (Å²) >= 11 is 0. The van der Waals surface area contributed by atoms with Gasteiger partial charge in [0.15, 0.2) is 0 Å². The minimum absolute atomic E-state index is 0.00813. The van der Waals surface area contributed by atoms with E-state index >= 15 is 0 Å². The second kappa shape index (κ2) is 8.15. The van der Waals surface area contributed by atoms with Gasteiger partial charge in [-0.05, 0) is 44.5 Å². The van der Waals surface area contributed by atoms with Gasteiger partial charge in [-0.2, -0.15) is 0 Å². The first-order valence-corrected chi connectivity index (χ1v) is 7.93. The average molecular weight is 326 g/mol. The van der Waals surface area contributed by atoms with Crippen molar-refractivity contribution in [3.63, 3.8) is 0 Å². The van der Waals surface area contributed by atoms with Crippen molar-refractivity contribution >= 4 is 17.9 Å². The average Bonchev–Trinajstić information content (AvgIpc) is 3.07. The van der Waals surface area contributed by atoms with E-state index in [4.69, 9.17) is 4.42 Å². The molecular weight excluding hydrogens is 304 g/mol. The molecule has 5 nitrogen and oxygen atoms in total. The molecule has 126 valence electrons. The number of hydrogen-bond acceptors (Lipinski definition) is 3. The lowest BCUT2D eigenvalue weighted by molar-refractivity contribution is -0.118. The number of benzene rings is 1. The zero-order chi connectivity index (χ0) is 17.5. The molecule has 0 saturated heterocycles. The van der Waals surface area contributed by atoms with Gasteiger partial charge in [-0.15, -0.1) is 0 Å². The van der Waals surface area contributed by atoms with E-state index in [2.05, 4.69) is 10.6 Å². The predicted octanol–water partition coefficient (Wildman–Crippen LogP) is 3.27. The van der Waals surface area contributed by atoms with Gasteiger partial charge >= 0.3 is 0 Å². The molecule has 0 saturated carbocycles. The summed E-state index contributed by atoms with van der Waals surface area (Å²) < 4.78 is 5.24. The fourth-order valence-electron chi connectivity index (χ4n) is 1.98. The number of furan rings is 1. The molecule has 0 bridgehead atoms. The molecule has 5 heteroatoms. The van der Waals surface area contributed by atoms with Crippen LogP contribution in [0.3, 0.4) is 0 Å². The largest absolute Gasteiger partial charge is 0.465 e. The normalized spacial score (nSPS) is 12.5. The van der Waals surface area contributed by atoms with Crippen LogP contribution in [0, 0.1) is 6.92 Å². The van der Waals surface area contributed by atoms with Gasteiger partial charge in [-0.3, -0.25) is 9.59 Å². The van der Waals surface area contributed by atoms with Gasteiger partial charge in [0.05, 0.1) is 6.26 Å². The first-order valence-electron chi connectivity index (χ1n) is 7.93. The summed E-state index contributed by atoms with van der Waals surface area (Å²) in [5, 5.41) is 5.51.